The van der Waals surface area contributed by atoms with E-state index < -0.39 is 24.3 Å². The first kappa shape index (κ1) is 22.3. The number of carboxylic acid groups (broad SMARTS) is 1. The number of carbonyl (C=O) groups is 1. The van der Waals surface area contributed by atoms with Crippen LogP contribution in [0.1, 0.15) is 19.4 Å². The van der Waals surface area contributed by atoms with E-state index in [1.165, 1.54) is 18.3 Å². The summed E-state index contributed by atoms with van der Waals surface area (Å²) in [6, 6.07) is 10.4. The highest BCUT2D eigenvalue weighted by molar-refractivity contribution is 6.13. The zero-order chi connectivity index (χ0) is 23.9. The summed E-state index contributed by atoms with van der Waals surface area (Å²) in [5.74, 6) is -2.28. The van der Waals surface area contributed by atoms with Crippen LogP contribution < -0.4 is 9.47 Å². The van der Waals surface area contributed by atoms with Crippen molar-refractivity contribution in [2.24, 2.45) is 0 Å². The summed E-state index contributed by atoms with van der Waals surface area (Å²) in [6.45, 7) is 0.420. The smallest absolute Gasteiger partial charge is 0.387 e. The van der Waals surface area contributed by atoms with Crippen LogP contribution in [0.15, 0.2) is 48.7 Å². The molecule has 0 aliphatic rings. The number of benzene rings is 3. The third-order valence-electron chi connectivity index (χ3n) is 5.05. The predicted molar refractivity (Wildman–Crippen MR) is 116 cm³/mol. The van der Waals surface area contributed by atoms with Gasteiger partial charge in [0.05, 0.1) is 29.0 Å². The molecular weight excluding hydrogens is 439 g/mol. The zero-order valence-corrected chi connectivity index (χ0v) is 17.7. The second-order valence-electron chi connectivity index (χ2n) is 7.72. The number of fused-ring (bicyclic) bond motifs is 2. The van der Waals surface area contributed by atoms with Crippen LogP contribution in [0, 0.1) is 5.82 Å². The summed E-state index contributed by atoms with van der Waals surface area (Å²) in [7, 11) is 0. The lowest BCUT2D eigenvalue weighted by atomic mass is 10.0. The fourth-order valence-electron chi connectivity index (χ4n) is 3.84. The lowest BCUT2D eigenvalue weighted by Gasteiger charge is -2.17. The van der Waals surface area contributed by atoms with Crippen LogP contribution in [0.4, 0.5) is 13.2 Å². The first-order valence-electron chi connectivity index (χ1n) is 10.1. The molecule has 0 amide bonds. The zero-order valence-electron chi connectivity index (χ0n) is 17.7. The second kappa shape index (κ2) is 8.57. The van der Waals surface area contributed by atoms with E-state index in [1.54, 1.807) is 38.1 Å². The molecule has 1 heterocycles. The summed E-state index contributed by atoms with van der Waals surface area (Å²) < 4.78 is 53.4. The van der Waals surface area contributed by atoms with E-state index in [4.69, 9.17) is 14.6 Å². The van der Waals surface area contributed by atoms with Crippen molar-refractivity contribution in [3.8, 4) is 23.1 Å². The Morgan fingerprint density at radius 3 is 2.27 bits per heavy atom. The van der Waals surface area contributed by atoms with Gasteiger partial charge in [-0.15, -0.1) is 0 Å². The van der Waals surface area contributed by atoms with Crippen LogP contribution in [0.2, 0.25) is 0 Å². The molecule has 0 atom stereocenters. The van der Waals surface area contributed by atoms with Crippen molar-refractivity contribution in [3.63, 3.8) is 0 Å². The van der Waals surface area contributed by atoms with Crippen LogP contribution in [-0.2, 0) is 11.2 Å². The Morgan fingerprint density at radius 2 is 1.70 bits per heavy atom. The summed E-state index contributed by atoms with van der Waals surface area (Å²) in [5, 5.41) is 21.0. The second-order valence-corrected chi connectivity index (χ2v) is 7.72. The van der Waals surface area contributed by atoms with Gasteiger partial charge >= 0.3 is 12.6 Å². The lowest BCUT2D eigenvalue weighted by molar-refractivity contribution is -0.136. The third-order valence-corrected chi connectivity index (χ3v) is 5.05. The van der Waals surface area contributed by atoms with E-state index in [-0.39, 0.29) is 46.0 Å². The van der Waals surface area contributed by atoms with E-state index >= 15 is 0 Å². The molecule has 0 fully saturated rings. The molecule has 0 aliphatic carbocycles. The van der Waals surface area contributed by atoms with Gasteiger partial charge in [-0.1, -0.05) is 30.3 Å². The van der Waals surface area contributed by atoms with Gasteiger partial charge in [0.25, 0.3) is 0 Å². The first-order valence-corrected chi connectivity index (χ1v) is 10.1. The van der Waals surface area contributed by atoms with Crippen LogP contribution in [0.3, 0.4) is 0 Å². The van der Waals surface area contributed by atoms with E-state index in [2.05, 4.69) is 0 Å². The Morgan fingerprint density at radius 1 is 1.03 bits per heavy atom. The SMILES string of the molecule is CC(C)Oc1c2ccccc2c(OC(F)F)c2cn(-c3ccc(CC(=O)O)cc3F)c(O)c12. The number of halogens is 3. The molecular formula is C24H20F3NO5. The van der Waals surface area contributed by atoms with Crippen molar-refractivity contribution in [3.05, 3.63) is 60.0 Å². The van der Waals surface area contributed by atoms with Gasteiger partial charge in [0.2, 0.25) is 5.88 Å². The molecule has 4 aromatic rings. The molecule has 6 nitrogen and oxygen atoms in total. The van der Waals surface area contributed by atoms with E-state index in [9.17, 15) is 23.1 Å². The van der Waals surface area contributed by atoms with E-state index in [0.717, 1.165) is 10.6 Å². The van der Waals surface area contributed by atoms with Crippen molar-refractivity contribution in [2.45, 2.75) is 33.0 Å². The van der Waals surface area contributed by atoms with Crippen molar-refractivity contribution >= 4 is 27.5 Å². The Bertz CT molecular complexity index is 1360. The molecule has 9 heteroatoms. The number of carboxylic acids is 1. The molecule has 0 bridgehead atoms. The van der Waals surface area contributed by atoms with Gasteiger partial charge in [-0.3, -0.25) is 9.36 Å². The molecule has 33 heavy (non-hydrogen) atoms. The predicted octanol–water partition coefficient (Wildman–Crippen LogP) is 5.64. The Kier molecular flexibility index (Phi) is 5.80. The number of alkyl halides is 2. The van der Waals surface area contributed by atoms with Crippen LogP contribution in [0.5, 0.6) is 17.4 Å². The molecule has 0 radical (unpaired) electrons. The average Bonchev–Trinajstić information content (AvgIpc) is 3.06. The maximum Gasteiger partial charge on any atom is 0.387 e. The molecule has 0 spiro atoms. The Labute approximate surface area is 186 Å². The number of hydrogen-bond acceptors (Lipinski definition) is 4. The number of nitrogens with zero attached hydrogens (tertiary/aromatic N) is 1. The fourth-order valence-corrected chi connectivity index (χ4v) is 3.84. The average molecular weight is 459 g/mol. The minimum atomic E-state index is -3.13. The summed E-state index contributed by atoms with van der Waals surface area (Å²) in [6.07, 6.45) is 0.603. The third kappa shape index (κ3) is 4.13. The summed E-state index contributed by atoms with van der Waals surface area (Å²) in [4.78, 5) is 10.9. The number of aliphatic carboxylic acids is 1. The molecule has 172 valence electrons. The Hall–Kier alpha value is -3.88. The largest absolute Gasteiger partial charge is 0.494 e. The van der Waals surface area contributed by atoms with Gasteiger partial charge in [0, 0.05) is 17.0 Å². The lowest BCUT2D eigenvalue weighted by Crippen LogP contribution is -2.07. The van der Waals surface area contributed by atoms with Crippen LogP contribution >= 0.6 is 0 Å². The van der Waals surface area contributed by atoms with Gasteiger partial charge in [-0.25, -0.2) is 4.39 Å². The van der Waals surface area contributed by atoms with E-state index in [1.807, 2.05) is 0 Å². The Balaban J connectivity index is 2.04. The maximum atomic E-state index is 14.9. The van der Waals surface area contributed by atoms with E-state index in [0.29, 0.717) is 10.8 Å². The minimum Gasteiger partial charge on any atom is -0.494 e. The molecule has 1 aromatic heterocycles. The van der Waals surface area contributed by atoms with Crippen molar-refractivity contribution in [1.29, 1.82) is 0 Å². The topological polar surface area (TPSA) is 80.9 Å². The molecule has 0 saturated heterocycles. The molecule has 4 rings (SSSR count). The normalized spacial score (nSPS) is 11.6. The van der Waals surface area contributed by atoms with Crippen LogP contribution in [0.25, 0.3) is 27.2 Å². The highest BCUT2D eigenvalue weighted by Gasteiger charge is 2.26. The van der Waals surface area contributed by atoms with Gasteiger partial charge < -0.3 is 19.7 Å². The van der Waals surface area contributed by atoms with Crippen molar-refractivity contribution in [2.75, 3.05) is 0 Å². The quantitative estimate of drug-likeness (QED) is 0.374. The van der Waals surface area contributed by atoms with Gasteiger partial charge in [0.15, 0.2) is 0 Å². The molecule has 0 saturated carbocycles. The fraction of sp³-hybridized carbons (Fsp3) is 0.208. The molecule has 2 N–H and O–H groups in total. The summed E-state index contributed by atoms with van der Waals surface area (Å²) >= 11 is 0. The van der Waals surface area contributed by atoms with Gasteiger partial charge in [0.1, 0.15) is 17.3 Å². The number of ether oxygens (including phenoxy) is 2. The summed E-state index contributed by atoms with van der Waals surface area (Å²) in [5.41, 5.74) is 0.136. The highest BCUT2D eigenvalue weighted by Crippen LogP contribution is 2.48. The maximum absolute atomic E-state index is 14.9. The van der Waals surface area contributed by atoms with Gasteiger partial charge in [-0.05, 0) is 31.5 Å². The van der Waals surface area contributed by atoms with Crippen molar-refractivity contribution < 1.29 is 37.7 Å². The van der Waals surface area contributed by atoms with Crippen LogP contribution in [-0.4, -0.2) is 33.5 Å². The minimum absolute atomic E-state index is 0.0899. The standard InChI is InChI=1S/C24H20F3NO5/c1-12(2)32-22-15-6-4-3-5-14(15)21(33-24(26)27)16-11-28(23(31)20(16)22)18-8-7-13(9-17(18)25)10-19(29)30/h3-9,11-12,24,31H,10H2,1-2H3,(H,29,30). The molecule has 0 unspecified atom stereocenters. The number of rotatable bonds is 7. The monoisotopic (exact) mass is 459 g/mol. The molecule has 3 aromatic carbocycles. The number of hydrogen-bond donors (Lipinski definition) is 2. The molecule has 0 aliphatic heterocycles. The number of aromatic nitrogens is 1. The number of aromatic hydroxyl groups is 1. The van der Waals surface area contributed by atoms with Crippen molar-refractivity contribution in [1.82, 2.24) is 4.57 Å². The first-order chi connectivity index (χ1) is 15.7. The van der Waals surface area contributed by atoms with Gasteiger partial charge in [-0.2, -0.15) is 8.78 Å². The highest BCUT2D eigenvalue weighted by atomic mass is 19.3.